The van der Waals surface area contributed by atoms with Crippen LogP contribution in [0.5, 0.6) is 0 Å². The highest BCUT2D eigenvalue weighted by molar-refractivity contribution is 6.20. The van der Waals surface area contributed by atoms with Gasteiger partial charge in [-0.3, -0.25) is 0 Å². The van der Waals surface area contributed by atoms with Gasteiger partial charge in [0.25, 0.3) is 0 Å². The Balaban J connectivity index is 0.859. The Morgan fingerprint density at radius 1 is 0.295 bits per heavy atom. The molecule has 0 aliphatic rings. The smallest absolute Gasteiger partial charge is 0.160 e. The zero-order chi connectivity index (χ0) is 40.3. The van der Waals surface area contributed by atoms with Crippen molar-refractivity contribution in [3.05, 3.63) is 218 Å². The molecule has 284 valence electrons. The summed E-state index contributed by atoms with van der Waals surface area (Å²) in [4.78, 5) is 10.2. The van der Waals surface area contributed by atoms with Crippen LogP contribution >= 0.6 is 0 Å². The predicted octanol–water partition coefficient (Wildman–Crippen LogP) is 15.8. The number of para-hydroxylation sites is 2. The molecule has 0 amide bonds. The predicted molar refractivity (Wildman–Crippen MR) is 254 cm³/mol. The van der Waals surface area contributed by atoms with Crippen molar-refractivity contribution < 1.29 is 4.42 Å². The van der Waals surface area contributed by atoms with Gasteiger partial charge in [0, 0.05) is 27.5 Å². The van der Waals surface area contributed by atoms with Gasteiger partial charge in [-0.25, -0.2) is 9.97 Å². The lowest BCUT2D eigenvalue weighted by molar-refractivity contribution is 0.670. The van der Waals surface area contributed by atoms with E-state index in [4.69, 9.17) is 14.4 Å². The molecule has 0 aliphatic heterocycles. The maximum atomic E-state index is 6.43. The van der Waals surface area contributed by atoms with Gasteiger partial charge in [0.1, 0.15) is 11.2 Å². The minimum atomic E-state index is 0.674. The standard InChI is InChI=1S/C58H36N2O/c1-2-12-44(13-3-1)58-59-53(36-54(60-58)51-19-10-18-50-48-17-8-9-20-55(48)61-57(50)51)42-29-25-39(26-30-42)37-21-23-38(24-22-37)40-27-31-43(32-28-40)56-47-16-7-5-14-45(47)35-52-46-15-6-4-11-41(46)33-34-49(52)56/h1-36H. The van der Waals surface area contributed by atoms with Crippen molar-refractivity contribution in [2.45, 2.75) is 0 Å². The summed E-state index contributed by atoms with van der Waals surface area (Å²) in [6, 6.07) is 77.6. The van der Waals surface area contributed by atoms with E-state index in [9.17, 15) is 0 Å². The number of hydrogen-bond acceptors (Lipinski definition) is 3. The van der Waals surface area contributed by atoms with E-state index in [1.807, 2.05) is 36.4 Å². The van der Waals surface area contributed by atoms with E-state index in [0.717, 1.165) is 61.1 Å². The van der Waals surface area contributed by atoms with Crippen LogP contribution in [0.15, 0.2) is 223 Å². The Morgan fingerprint density at radius 3 is 1.57 bits per heavy atom. The molecular formula is C58H36N2O. The second-order valence-corrected chi connectivity index (χ2v) is 15.7. The third kappa shape index (κ3) is 6.06. The Bertz CT molecular complexity index is 3610. The molecule has 0 fully saturated rings. The zero-order valence-corrected chi connectivity index (χ0v) is 33.1. The lowest BCUT2D eigenvalue weighted by Crippen LogP contribution is -1.96. The lowest BCUT2D eigenvalue weighted by Gasteiger charge is -2.14. The fourth-order valence-electron chi connectivity index (χ4n) is 9.05. The molecule has 0 N–H and O–H groups in total. The van der Waals surface area contributed by atoms with Gasteiger partial charge in [0.2, 0.25) is 0 Å². The van der Waals surface area contributed by atoms with Crippen LogP contribution in [0, 0.1) is 0 Å². The summed E-state index contributed by atoms with van der Waals surface area (Å²) in [5.74, 6) is 0.674. The molecule has 0 radical (unpaired) electrons. The van der Waals surface area contributed by atoms with Crippen LogP contribution in [0.4, 0.5) is 0 Å². The van der Waals surface area contributed by atoms with Crippen LogP contribution in [-0.2, 0) is 0 Å². The van der Waals surface area contributed by atoms with Crippen molar-refractivity contribution >= 4 is 54.3 Å². The second-order valence-electron chi connectivity index (χ2n) is 15.7. The van der Waals surface area contributed by atoms with Gasteiger partial charge < -0.3 is 4.42 Å². The number of hydrogen-bond donors (Lipinski definition) is 0. The van der Waals surface area contributed by atoms with Crippen LogP contribution < -0.4 is 0 Å². The Hall–Kier alpha value is -8.14. The minimum Gasteiger partial charge on any atom is -0.455 e. The molecule has 12 aromatic rings. The molecule has 61 heavy (non-hydrogen) atoms. The van der Waals surface area contributed by atoms with E-state index in [1.54, 1.807) is 0 Å². The summed E-state index contributed by atoms with van der Waals surface area (Å²) in [6.07, 6.45) is 0. The van der Waals surface area contributed by atoms with E-state index in [1.165, 1.54) is 54.6 Å². The third-order valence-electron chi connectivity index (χ3n) is 12.1. The average molecular weight is 777 g/mol. The van der Waals surface area contributed by atoms with E-state index in [2.05, 4.69) is 182 Å². The molecule has 3 nitrogen and oxygen atoms in total. The summed E-state index contributed by atoms with van der Waals surface area (Å²) in [7, 11) is 0. The molecule has 0 saturated heterocycles. The van der Waals surface area contributed by atoms with Gasteiger partial charge >= 0.3 is 0 Å². The van der Waals surface area contributed by atoms with Crippen molar-refractivity contribution in [1.29, 1.82) is 0 Å². The Morgan fingerprint density at radius 2 is 0.852 bits per heavy atom. The van der Waals surface area contributed by atoms with E-state index >= 15 is 0 Å². The summed E-state index contributed by atoms with van der Waals surface area (Å²) in [5.41, 5.74) is 13.5. The number of rotatable bonds is 6. The van der Waals surface area contributed by atoms with E-state index in [0.29, 0.717) is 5.82 Å². The SMILES string of the molecule is c1ccc(-c2nc(-c3ccc(-c4ccc(-c5ccc(-c6c7ccccc7cc7c6ccc6ccccc67)cc5)cc4)cc3)cc(-c3cccc4c3oc3ccccc34)n2)cc1. The van der Waals surface area contributed by atoms with E-state index in [-0.39, 0.29) is 0 Å². The first-order valence-corrected chi connectivity index (χ1v) is 20.7. The molecule has 12 rings (SSSR count). The molecule has 0 saturated carbocycles. The summed E-state index contributed by atoms with van der Waals surface area (Å²) >= 11 is 0. The topological polar surface area (TPSA) is 38.9 Å². The Kier molecular flexibility index (Phi) is 8.17. The fourth-order valence-corrected chi connectivity index (χ4v) is 9.05. The van der Waals surface area contributed by atoms with Gasteiger partial charge in [-0.05, 0) is 90.0 Å². The molecule has 0 atom stereocenters. The van der Waals surface area contributed by atoms with Crippen LogP contribution in [-0.4, -0.2) is 9.97 Å². The lowest BCUT2D eigenvalue weighted by atomic mass is 9.89. The molecule has 10 aromatic carbocycles. The second kappa shape index (κ2) is 14.3. The maximum Gasteiger partial charge on any atom is 0.160 e. The Labute approximate surface area is 352 Å². The van der Waals surface area contributed by atoms with Crippen LogP contribution in [0.2, 0.25) is 0 Å². The monoisotopic (exact) mass is 776 g/mol. The van der Waals surface area contributed by atoms with Gasteiger partial charge in [0.05, 0.1) is 11.4 Å². The number of nitrogens with zero attached hydrogens (tertiary/aromatic N) is 2. The third-order valence-corrected chi connectivity index (χ3v) is 12.1. The molecule has 0 bridgehead atoms. The first kappa shape index (κ1) is 34.9. The molecule has 2 heterocycles. The molecule has 2 aromatic heterocycles. The first-order chi connectivity index (χ1) is 30.2. The summed E-state index contributed by atoms with van der Waals surface area (Å²) in [5, 5.41) is 9.80. The highest BCUT2D eigenvalue weighted by Crippen LogP contribution is 2.41. The number of furan rings is 1. The normalized spacial score (nSPS) is 11.6. The quantitative estimate of drug-likeness (QED) is 0.125. The van der Waals surface area contributed by atoms with Crippen molar-refractivity contribution in [3.63, 3.8) is 0 Å². The fraction of sp³-hybridized carbons (Fsp3) is 0. The minimum absolute atomic E-state index is 0.674. The van der Waals surface area contributed by atoms with Gasteiger partial charge in [-0.15, -0.1) is 0 Å². The molecular weight excluding hydrogens is 741 g/mol. The number of aromatic nitrogens is 2. The first-order valence-electron chi connectivity index (χ1n) is 20.7. The highest BCUT2D eigenvalue weighted by atomic mass is 16.3. The van der Waals surface area contributed by atoms with Crippen LogP contribution in [0.25, 0.3) is 122 Å². The summed E-state index contributed by atoms with van der Waals surface area (Å²) in [6.45, 7) is 0. The molecule has 0 aliphatic carbocycles. The van der Waals surface area contributed by atoms with Crippen molar-refractivity contribution in [2.24, 2.45) is 0 Å². The van der Waals surface area contributed by atoms with Crippen LogP contribution in [0.1, 0.15) is 0 Å². The van der Waals surface area contributed by atoms with Gasteiger partial charge in [0.15, 0.2) is 5.82 Å². The largest absolute Gasteiger partial charge is 0.455 e. The van der Waals surface area contributed by atoms with Crippen LogP contribution in [0.3, 0.4) is 0 Å². The number of fused-ring (bicyclic) bond motifs is 7. The van der Waals surface area contributed by atoms with Gasteiger partial charge in [-0.1, -0.05) is 194 Å². The molecule has 3 heteroatoms. The van der Waals surface area contributed by atoms with E-state index < -0.39 is 0 Å². The van der Waals surface area contributed by atoms with Crippen molar-refractivity contribution in [1.82, 2.24) is 9.97 Å². The van der Waals surface area contributed by atoms with Crippen molar-refractivity contribution in [3.8, 4) is 67.3 Å². The molecule has 0 spiro atoms. The van der Waals surface area contributed by atoms with Crippen molar-refractivity contribution in [2.75, 3.05) is 0 Å². The highest BCUT2D eigenvalue weighted by Gasteiger charge is 2.17. The molecule has 0 unspecified atom stereocenters. The average Bonchev–Trinajstić information content (AvgIpc) is 3.73. The maximum absolute atomic E-state index is 6.43. The zero-order valence-electron chi connectivity index (χ0n) is 33.1. The van der Waals surface area contributed by atoms with Gasteiger partial charge in [-0.2, -0.15) is 0 Å². The number of benzene rings is 10. The summed E-state index contributed by atoms with van der Waals surface area (Å²) < 4.78 is 6.43.